The molecule has 2 aliphatic rings. The molecule has 2 heterocycles. The lowest BCUT2D eigenvalue weighted by Gasteiger charge is -2.48. The molecule has 7 heteroatoms. The van der Waals surface area contributed by atoms with Crippen molar-refractivity contribution in [2.24, 2.45) is 4.99 Å². The van der Waals surface area contributed by atoms with Gasteiger partial charge in [-0.15, -0.1) is 11.3 Å². The lowest BCUT2D eigenvalue weighted by atomic mass is 9.80. The Morgan fingerprint density at radius 1 is 1.25 bits per heavy atom. The van der Waals surface area contributed by atoms with Gasteiger partial charge in [0.25, 0.3) is 0 Å². The van der Waals surface area contributed by atoms with Crippen molar-refractivity contribution in [2.45, 2.75) is 70.9 Å². The molecule has 6 nitrogen and oxygen atoms in total. The molecule has 158 valence electrons. The lowest BCUT2D eigenvalue weighted by Crippen LogP contribution is -2.60. The SMILES string of the molecule is CCNC(=NCc1nc(C(C)C)cs1)NCC1(N2CCOCC2)CCCCC1. The smallest absolute Gasteiger partial charge is 0.191 e. The highest BCUT2D eigenvalue weighted by molar-refractivity contribution is 7.09. The highest BCUT2D eigenvalue weighted by Gasteiger charge is 2.38. The highest BCUT2D eigenvalue weighted by Crippen LogP contribution is 2.33. The number of morpholine rings is 1. The van der Waals surface area contributed by atoms with Gasteiger partial charge in [0.05, 0.1) is 25.5 Å². The second-order valence-corrected chi connectivity index (χ2v) is 9.20. The minimum atomic E-state index is 0.240. The first-order valence-electron chi connectivity index (χ1n) is 10.9. The third kappa shape index (κ3) is 5.67. The summed E-state index contributed by atoms with van der Waals surface area (Å²) >= 11 is 1.71. The number of thiazole rings is 1. The van der Waals surface area contributed by atoms with E-state index in [1.807, 2.05) is 0 Å². The largest absolute Gasteiger partial charge is 0.379 e. The Balaban J connectivity index is 1.64. The van der Waals surface area contributed by atoms with E-state index in [1.165, 1.54) is 37.8 Å². The predicted molar refractivity (Wildman–Crippen MR) is 117 cm³/mol. The first kappa shape index (κ1) is 21.5. The Morgan fingerprint density at radius 3 is 2.64 bits per heavy atom. The van der Waals surface area contributed by atoms with E-state index in [9.17, 15) is 0 Å². The predicted octanol–water partition coefficient (Wildman–Crippen LogP) is 3.36. The maximum absolute atomic E-state index is 5.60. The summed E-state index contributed by atoms with van der Waals surface area (Å²) in [6.45, 7) is 12.8. The van der Waals surface area contributed by atoms with E-state index < -0.39 is 0 Å². The van der Waals surface area contributed by atoms with E-state index in [0.29, 0.717) is 12.5 Å². The van der Waals surface area contributed by atoms with E-state index in [-0.39, 0.29) is 5.54 Å². The zero-order valence-corrected chi connectivity index (χ0v) is 18.6. The van der Waals surface area contributed by atoms with Crippen LogP contribution in [-0.4, -0.2) is 60.8 Å². The minimum Gasteiger partial charge on any atom is -0.379 e. The Bertz CT molecular complexity index is 618. The molecule has 1 aromatic rings. The van der Waals surface area contributed by atoms with Crippen LogP contribution in [0, 0.1) is 0 Å². The van der Waals surface area contributed by atoms with Crippen molar-refractivity contribution in [3.63, 3.8) is 0 Å². The van der Waals surface area contributed by atoms with Crippen LogP contribution in [0.2, 0.25) is 0 Å². The summed E-state index contributed by atoms with van der Waals surface area (Å²) < 4.78 is 5.60. The number of hydrogen-bond acceptors (Lipinski definition) is 5. The summed E-state index contributed by atoms with van der Waals surface area (Å²) in [5.41, 5.74) is 1.41. The van der Waals surface area contributed by atoms with Gasteiger partial charge in [-0.2, -0.15) is 0 Å². The molecule has 0 radical (unpaired) electrons. The number of aliphatic imine (C=N–C) groups is 1. The van der Waals surface area contributed by atoms with E-state index in [0.717, 1.165) is 50.4 Å². The molecular formula is C21H37N5OS. The molecule has 3 rings (SSSR count). The normalized spacial score (nSPS) is 21.1. The van der Waals surface area contributed by atoms with E-state index >= 15 is 0 Å². The number of ether oxygens (including phenoxy) is 1. The molecule has 0 atom stereocenters. The quantitative estimate of drug-likeness (QED) is 0.536. The van der Waals surface area contributed by atoms with Crippen LogP contribution in [0.5, 0.6) is 0 Å². The molecule has 2 N–H and O–H groups in total. The minimum absolute atomic E-state index is 0.240. The molecule has 0 aromatic carbocycles. The van der Waals surface area contributed by atoms with Gasteiger partial charge in [-0.3, -0.25) is 4.90 Å². The molecular weight excluding hydrogens is 370 g/mol. The van der Waals surface area contributed by atoms with Crippen LogP contribution in [0.3, 0.4) is 0 Å². The topological polar surface area (TPSA) is 61.8 Å². The first-order valence-corrected chi connectivity index (χ1v) is 11.8. The van der Waals surface area contributed by atoms with Crippen molar-refractivity contribution in [2.75, 3.05) is 39.4 Å². The number of guanidine groups is 1. The molecule has 2 fully saturated rings. The molecule has 1 aliphatic carbocycles. The molecule has 28 heavy (non-hydrogen) atoms. The van der Waals surface area contributed by atoms with Crippen molar-refractivity contribution in [3.8, 4) is 0 Å². The zero-order chi connectivity index (χ0) is 19.8. The van der Waals surface area contributed by atoms with E-state index in [2.05, 4.69) is 41.7 Å². The van der Waals surface area contributed by atoms with Crippen molar-refractivity contribution < 1.29 is 4.74 Å². The van der Waals surface area contributed by atoms with E-state index in [1.54, 1.807) is 11.3 Å². The Hall–Kier alpha value is -1.18. The molecule has 1 saturated heterocycles. The third-order valence-electron chi connectivity index (χ3n) is 5.93. The van der Waals surface area contributed by atoms with Crippen molar-refractivity contribution >= 4 is 17.3 Å². The Labute approximate surface area is 174 Å². The van der Waals surface area contributed by atoms with Gasteiger partial charge in [0.15, 0.2) is 5.96 Å². The number of rotatable bonds is 7. The van der Waals surface area contributed by atoms with Gasteiger partial charge in [-0.25, -0.2) is 9.98 Å². The third-order valence-corrected chi connectivity index (χ3v) is 6.78. The fraction of sp³-hybridized carbons (Fsp3) is 0.810. The van der Waals surface area contributed by atoms with Crippen molar-refractivity contribution in [1.82, 2.24) is 20.5 Å². The van der Waals surface area contributed by atoms with Crippen LogP contribution in [0.25, 0.3) is 0 Å². The van der Waals surface area contributed by atoms with Crippen LogP contribution in [0.15, 0.2) is 10.4 Å². The van der Waals surface area contributed by atoms with Crippen LogP contribution >= 0.6 is 11.3 Å². The van der Waals surface area contributed by atoms with Gasteiger partial charge < -0.3 is 15.4 Å². The van der Waals surface area contributed by atoms with Gasteiger partial charge in [0.2, 0.25) is 0 Å². The summed E-state index contributed by atoms with van der Waals surface area (Å²) in [7, 11) is 0. The molecule has 1 saturated carbocycles. The maximum atomic E-state index is 5.60. The van der Waals surface area contributed by atoms with Crippen LogP contribution < -0.4 is 10.6 Å². The maximum Gasteiger partial charge on any atom is 0.191 e. The first-order chi connectivity index (χ1) is 13.6. The second-order valence-electron chi connectivity index (χ2n) is 8.25. The zero-order valence-electron chi connectivity index (χ0n) is 17.8. The fourth-order valence-corrected chi connectivity index (χ4v) is 5.13. The van der Waals surface area contributed by atoms with Crippen LogP contribution in [0.1, 0.15) is 69.5 Å². The average molecular weight is 408 g/mol. The fourth-order valence-electron chi connectivity index (χ4n) is 4.25. The summed E-state index contributed by atoms with van der Waals surface area (Å²) in [6, 6.07) is 0. The van der Waals surface area contributed by atoms with Gasteiger partial charge in [0, 0.05) is 37.1 Å². The number of nitrogens with zero attached hydrogens (tertiary/aromatic N) is 3. The Morgan fingerprint density at radius 2 is 2.00 bits per heavy atom. The van der Waals surface area contributed by atoms with Crippen LogP contribution in [-0.2, 0) is 11.3 Å². The summed E-state index contributed by atoms with van der Waals surface area (Å²) in [5, 5.41) is 10.3. The van der Waals surface area contributed by atoms with Crippen molar-refractivity contribution in [1.29, 1.82) is 0 Å². The molecule has 0 unspecified atom stereocenters. The van der Waals surface area contributed by atoms with Gasteiger partial charge in [0.1, 0.15) is 5.01 Å². The highest BCUT2D eigenvalue weighted by atomic mass is 32.1. The lowest BCUT2D eigenvalue weighted by molar-refractivity contribution is -0.0352. The average Bonchev–Trinajstić information content (AvgIpc) is 3.21. The van der Waals surface area contributed by atoms with Crippen LogP contribution in [0.4, 0.5) is 0 Å². The van der Waals surface area contributed by atoms with E-state index in [4.69, 9.17) is 14.7 Å². The standard InChI is InChI=1S/C21H37N5OS/c1-4-22-20(23-14-19-25-18(15-28-19)17(2)3)24-16-21(8-6-5-7-9-21)26-10-12-27-13-11-26/h15,17H,4-14,16H2,1-3H3,(H2,22,23,24). The number of nitrogens with one attached hydrogen (secondary N) is 2. The summed E-state index contributed by atoms with van der Waals surface area (Å²) in [5.74, 6) is 1.38. The number of hydrogen-bond donors (Lipinski definition) is 2. The second kappa shape index (κ2) is 10.6. The van der Waals surface area contributed by atoms with Gasteiger partial charge in [-0.05, 0) is 25.7 Å². The summed E-state index contributed by atoms with van der Waals surface area (Å²) in [4.78, 5) is 12.2. The van der Waals surface area contributed by atoms with Gasteiger partial charge in [-0.1, -0.05) is 33.1 Å². The Kier molecular flexibility index (Phi) is 8.11. The molecule has 1 aliphatic heterocycles. The number of aromatic nitrogens is 1. The molecule has 1 aromatic heterocycles. The van der Waals surface area contributed by atoms with Crippen molar-refractivity contribution in [3.05, 3.63) is 16.1 Å². The summed E-state index contributed by atoms with van der Waals surface area (Å²) in [6.07, 6.45) is 6.55. The molecule has 0 amide bonds. The molecule has 0 spiro atoms. The van der Waals surface area contributed by atoms with Gasteiger partial charge >= 0.3 is 0 Å². The monoisotopic (exact) mass is 407 g/mol. The molecule has 0 bridgehead atoms.